The number of para-hydroxylation sites is 1. The molecular weight excluding hydrogens is 344 g/mol. The van der Waals surface area contributed by atoms with Crippen molar-refractivity contribution >= 4 is 10.9 Å². The Morgan fingerprint density at radius 3 is 2.36 bits per heavy atom. The van der Waals surface area contributed by atoms with Gasteiger partial charge < -0.3 is 4.57 Å². The van der Waals surface area contributed by atoms with E-state index in [1.165, 1.54) is 27.7 Å². The first-order valence-corrected chi connectivity index (χ1v) is 9.99. The Balaban J connectivity index is 1.44. The first-order valence-electron chi connectivity index (χ1n) is 9.99. The van der Waals surface area contributed by atoms with Gasteiger partial charge in [-0.3, -0.25) is 4.84 Å². The number of hydrogen-bond donors (Lipinski definition) is 0. The smallest absolute Gasteiger partial charge is 0.111 e. The maximum Gasteiger partial charge on any atom is 0.111 e. The minimum atomic E-state index is 0.0913. The second-order valence-corrected chi connectivity index (χ2v) is 7.84. The Hall–Kier alpha value is -2.88. The molecule has 0 bridgehead atoms. The normalized spacial score (nSPS) is 23.8. The summed E-state index contributed by atoms with van der Waals surface area (Å²) in [5, 5.41) is 3.54. The average Bonchev–Trinajstić information content (AvgIpc) is 3.39. The number of benzene rings is 3. The van der Waals surface area contributed by atoms with Crippen molar-refractivity contribution in [2.24, 2.45) is 5.92 Å². The lowest BCUT2D eigenvalue weighted by Crippen LogP contribution is -2.22. The largest absolute Gasteiger partial charge is 0.342 e. The quantitative estimate of drug-likeness (QED) is 0.476. The van der Waals surface area contributed by atoms with E-state index in [0.29, 0.717) is 5.92 Å². The molecule has 0 unspecified atom stereocenters. The molecule has 3 nitrogen and oxygen atoms in total. The number of fused-ring (bicyclic) bond motifs is 5. The van der Waals surface area contributed by atoms with E-state index in [4.69, 9.17) is 4.84 Å². The molecule has 3 aromatic carbocycles. The minimum absolute atomic E-state index is 0.0913. The van der Waals surface area contributed by atoms with Gasteiger partial charge in [-0.1, -0.05) is 78.9 Å². The van der Waals surface area contributed by atoms with Crippen molar-refractivity contribution in [1.29, 1.82) is 0 Å². The van der Waals surface area contributed by atoms with Crippen molar-refractivity contribution in [2.45, 2.75) is 25.2 Å². The maximum absolute atomic E-state index is 6.59. The standard InChI is InChI=1S/C25H22N2O/c1-3-9-18(10-4-1)16-27-24-21(25(28-27)19-11-5-2-6-12-19)17-26-22-14-8-7-13-20(22)15-23(24)26/h1-15,21,24-25H,16-17H2/t21-,24-,25+/m1/s1. The first-order chi connectivity index (χ1) is 13.9. The molecule has 138 valence electrons. The van der Waals surface area contributed by atoms with E-state index >= 15 is 0 Å². The zero-order valence-corrected chi connectivity index (χ0v) is 15.6. The van der Waals surface area contributed by atoms with Crippen LogP contribution in [0, 0.1) is 5.92 Å². The van der Waals surface area contributed by atoms with Crippen LogP contribution in [0.25, 0.3) is 10.9 Å². The molecule has 28 heavy (non-hydrogen) atoms. The molecule has 0 N–H and O–H groups in total. The molecule has 3 atom stereocenters. The third kappa shape index (κ3) is 2.44. The van der Waals surface area contributed by atoms with Crippen molar-refractivity contribution in [3.05, 3.63) is 108 Å². The number of rotatable bonds is 3. The van der Waals surface area contributed by atoms with Gasteiger partial charge in [0.1, 0.15) is 6.10 Å². The summed E-state index contributed by atoms with van der Waals surface area (Å²) in [5.41, 5.74) is 5.26. The monoisotopic (exact) mass is 366 g/mol. The topological polar surface area (TPSA) is 17.4 Å². The molecule has 0 amide bonds. The first kappa shape index (κ1) is 16.1. The fourth-order valence-corrected chi connectivity index (χ4v) is 4.97. The highest BCUT2D eigenvalue weighted by Gasteiger charge is 2.50. The van der Waals surface area contributed by atoms with E-state index in [0.717, 1.165) is 13.1 Å². The molecule has 1 saturated heterocycles. The van der Waals surface area contributed by atoms with Crippen LogP contribution in [0.5, 0.6) is 0 Å². The van der Waals surface area contributed by atoms with Gasteiger partial charge in [0, 0.05) is 30.2 Å². The molecule has 2 aliphatic rings. The minimum Gasteiger partial charge on any atom is -0.342 e. The van der Waals surface area contributed by atoms with E-state index in [1.54, 1.807) is 0 Å². The predicted octanol–water partition coefficient (Wildman–Crippen LogP) is 5.50. The summed E-state index contributed by atoms with van der Waals surface area (Å²) < 4.78 is 2.50. The molecule has 3 heteroatoms. The van der Waals surface area contributed by atoms with Gasteiger partial charge in [0.15, 0.2) is 0 Å². The Kier molecular flexibility index (Phi) is 3.64. The molecular formula is C25H22N2O. The molecule has 4 aromatic rings. The fourth-order valence-electron chi connectivity index (χ4n) is 4.97. The second-order valence-electron chi connectivity index (χ2n) is 7.84. The van der Waals surface area contributed by atoms with Gasteiger partial charge in [0.25, 0.3) is 0 Å². The Labute approximate surface area is 164 Å². The summed E-state index contributed by atoms with van der Waals surface area (Å²) >= 11 is 0. The third-order valence-corrected chi connectivity index (χ3v) is 6.20. The van der Waals surface area contributed by atoms with Crippen LogP contribution in [0.3, 0.4) is 0 Å². The number of hydrogen-bond acceptors (Lipinski definition) is 2. The van der Waals surface area contributed by atoms with E-state index in [1.807, 2.05) is 0 Å². The van der Waals surface area contributed by atoms with E-state index in [9.17, 15) is 0 Å². The molecule has 0 radical (unpaired) electrons. The van der Waals surface area contributed by atoms with Gasteiger partial charge in [-0.2, -0.15) is 5.06 Å². The van der Waals surface area contributed by atoms with Crippen LogP contribution in [-0.4, -0.2) is 9.63 Å². The highest BCUT2D eigenvalue weighted by Crippen LogP contribution is 2.53. The Morgan fingerprint density at radius 2 is 1.54 bits per heavy atom. The highest BCUT2D eigenvalue weighted by atomic mass is 16.7. The lowest BCUT2D eigenvalue weighted by atomic mass is 9.91. The highest BCUT2D eigenvalue weighted by molar-refractivity contribution is 5.82. The van der Waals surface area contributed by atoms with Crippen LogP contribution in [0.1, 0.15) is 29.0 Å². The van der Waals surface area contributed by atoms with Crippen LogP contribution in [-0.2, 0) is 17.9 Å². The van der Waals surface area contributed by atoms with Crippen molar-refractivity contribution in [2.75, 3.05) is 0 Å². The number of nitrogens with zero attached hydrogens (tertiary/aromatic N) is 2. The van der Waals surface area contributed by atoms with Gasteiger partial charge in [-0.05, 0) is 28.6 Å². The predicted molar refractivity (Wildman–Crippen MR) is 110 cm³/mol. The molecule has 1 aromatic heterocycles. The van der Waals surface area contributed by atoms with Gasteiger partial charge in [0.2, 0.25) is 0 Å². The molecule has 0 spiro atoms. The van der Waals surface area contributed by atoms with Gasteiger partial charge >= 0.3 is 0 Å². The molecule has 3 heterocycles. The van der Waals surface area contributed by atoms with Gasteiger partial charge in [0.05, 0.1) is 6.04 Å². The fraction of sp³-hybridized carbons (Fsp3) is 0.200. The lowest BCUT2D eigenvalue weighted by molar-refractivity contribution is -0.174. The SMILES string of the molecule is c1ccc(CN2O[C@@H](c3ccccc3)[C@@H]3Cn4c(cc5ccccc54)[C@@H]32)cc1. The molecule has 0 saturated carbocycles. The van der Waals surface area contributed by atoms with Gasteiger partial charge in [-0.15, -0.1) is 0 Å². The molecule has 0 aliphatic carbocycles. The van der Waals surface area contributed by atoms with Crippen LogP contribution < -0.4 is 0 Å². The molecule has 6 rings (SSSR count). The lowest BCUT2D eigenvalue weighted by Gasteiger charge is -2.22. The van der Waals surface area contributed by atoms with Crippen molar-refractivity contribution in [3.63, 3.8) is 0 Å². The Morgan fingerprint density at radius 1 is 0.821 bits per heavy atom. The van der Waals surface area contributed by atoms with Crippen LogP contribution in [0.15, 0.2) is 91.0 Å². The average molecular weight is 366 g/mol. The van der Waals surface area contributed by atoms with E-state index < -0.39 is 0 Å². The second kappa shape index (κ2) is 6.33. The summed E-state index contributed by atoms with van der Waals surface area (Å²) in [4.78, 5) is 6.59. The molecule has 2 aliphatic heterocycles. The summed E-state index contributed by atoms with van der Waals surface area (Å²) in [6.45, 7) is 1.80. The van der Waals surface area contributed by atoms with Crippen molar-refractivity contribution < 1.29 is 4.84 Å². The zero-order valence-electron chi connectivity index (χ0n) is 15.6. The van der Waals surface area contributed by atoms with E-state index in [-0.39, 0.29) is 12.1 Å². The van der Waals surface area contributed by atoms with Crippen LogP contribution >= 0.6 is 0 Å². The van der Waals surface area contributed by atoms with Crippen molar-refractivity contribution in [3.8, 4) is 0 Å². The van der Waals surface area contributed by atoms with E-state index in [2.05, 4.69) is 101 Å². The van der Waals surface area contributed by atoms with Crippen molar-refractivity contribution in [1.82, 2.24) is 9.63 Å². The number of aromatic nitrogens is 1. The summed E-state index contributed by atoms with van der Waals surface area (Å²) in [6, 6.07) is 32.6. The molecule has 1 fully saturated rings. The van der Waals surface area contributed by atoms with Crippen LogP contribution in [0.4, 0.5) is 0 Å². The summed E-state index contributed by atoms with van der Waals surface area (Å²) in [7, 11) is 0. The number of hydroxylamine groups is 2. The summed E-state index contributed by atoms with van der Waals surface area (Å²) in [5.74, 6) is 0.422. The maximum atomic E-state index is 6.59. The zero-order chi connectivity index (χ0) is 18.5. The van der Waals surface area contributed by atoms with Crippen LogP contribution in [0.2, 0.25) is 0 Å². The summed E-state index contributed by atoms with van der Waals surface area (Å²) in [6.07, 6.45) is 0.0913. The third-order valence-electron chi connectivity index (χ3n) is 6.20. The van der Waals surface area contributed by atoms with Gasteiger partial charge in [-0.25, -0.2) is 0 Å². The Bertz CT molecular complexity index is 1120.